The summed E-state index contributed by atoms with van der Waals surface area (Å²) in [6.45, 7) is 1.46. The summed E-state index contributed by atoms with van der Waals surface area (Å²) in [5.41, 5.74) is 7.72. The lowest BCUT2D eigenvalue weighted by molar-refractivity contribution is 0.396. The molecule has 0 radical (unpaired) electrons. The quantitative estimate of drug-likeness (QED) is 0.713. The lowest BCUT2D eigenvalue weighted by Gasteiger charge is -2.08. The van der Waals surface area contributed by atoms with E-state index in [1.165, 1.54) is 0 Å². The van der Waals surface area contributed by atoms with Gasteiger partial charge in [-0.1, -0.05) is 0 Å². The van der Waals surface area contributed by atoms with Crippen LogP contribution in [-0.4, -0.2) is 24.0 Å². The van der Waals surface area contributed by atoms with Crippen LogP contribution in [-0.2, 0) is 13.1 Å². The maximum Gasteiger partial charge on any atom is 0.0546 e. The van der Waals surface area contributed by atoms with Crippen LogP contribution in [0.4, 0.5) is 0 Å². The van der Waals surface area contributed by atoms with E-state index in [2.05, 4.69) is 9.88 Å². The second kappa shape index (κ2) is 4.18. The highest BCUT2D eigenvalue weighted by molar-refractivity contribution is 5.15. The zero-order chi connectivity index (χ0) is 8.97. The van der Waals surface area contributed by atoms with Crippen molar-refractivity contribution in [3.63, 3.8) is 0 Å². The van der Waals surface area contributed by atoms with E-state index < -0.39 is 0 Å². The molecule has 12 heavy (non-hydrogen) atoms. The maximum absolute atomic E-state index is 5.51. The van der Waals surface area contributed by atoms with Crippen molar-refractivity contribution >= 4 is 0 Å². The van der Waals surface area contributed by atoms with Crippen LogP contribution in [0.3, 0.4) is 0 Å². The molecule has 3 heteroatoms. The molecule has 0 aliphatic carbocycles. The largest absolute Gasteiger partial charge is 0.326 e. The molecule has 66 valence electrons. The van der Waals surface area contributed by atoms with Gasteiger partial charge in [-0.2, -0.15) is 0 Å². The van der Waals surface area contributed by atoms with Crippen LogP contribution in [0.2, 0.25) is 0 Å². The van der Waals surface area contributed by atoms with Gasteiger partial charge in [0.05, 0.1) is 5.69 Å². The van der Waals surface area contributed by atoms with Crippen molar-refractivity contribution < 1.29 is 0 Å². The van der Waals surface area contributed by atoms with Crippen molar-refractivity contribution in [1.82, 2.24) is 9.88 Å². The maximum atomic E-state index is 5.51. The van der Waals surface area contributed by atoms with E-state index in [0.717, 1.165) is 17.8 Å². The topological polar surface area (TPSA) is 42.1 Å². The molecule has 0 saturated carbocycles. The first-order chi connectivity index (χ1) is 5.72. The first-order valence-corrected chi connectivity index (χ1v) is 4.01. The Labute approximate surface area is 73.2 Å². The lowest BCUT2D eigenvalue weighted by Crippen LogP contribution is -2.12. The standard InChI is InChI=1S/C9H15N3/c1-12(2)7-9-5-8(6-10)3-4-11-9/h3-5H,6-7,10H2,1-2H3. The van der Waals surface area contributed by atoms with E-state index in [4.69, 9.17) is 5.73 Å². The molecule has 1 rings (SSSR count). The van der Waals surface area contributed by atoms with Crippen LogP contribution in [0.5, 0.6) is 0 Å². The van der Waals surface area contributed by atoms with Gasteiger partial charge in [-0.15, -0.1) is 0 Å². The molecule has 2 N–H and O–H groups in total. The van der Waals surface area contributed by atoms with E-state index in [9.17, 15) is 0 Å². The Morgan fingerprint density at radius 2 is 2.25 bits per heavy atom. The predicted molar refractivity (Wildman–Crippen MR) is 49.5 cm³/mol. The van der Waals surface area contributed by atoms with Crippen LogP contribution in [0.1, 0.15) is 11.3 Å². The van der Waals surface area contributed by atoms with Crippen LogP contribution in [0.15, 0.2) is 18.3 Å². The number of aromatic nitrogens is 1. The summed E-state index contributed by atoms with van der Waals surface area (Å²) in [5.74, 6) is 0. The van der Waals surface area contributed by atoms with E-state index in [0.29, 0.717) is 6.54 Å². The molecule has 1 heterocycles. The Morgan fingerprint density at radius 3 is 2.83 bits per heavy atom. The molecule has 0 atom stereocenters. The van der Waals surface area contributed by atoms with Crippen molar-refractivity contribution in [3.8, 4) is 0 Å². The smallest absolute Gasteiger partial charge is 0.0546 e. The molecule has 0 aliphatic rings. The first kappa shape index (κ1) is 9.16. The Morgan fingerprint density at radius 1 is 1.50 bits per heavy atom. The molecule has 0 bridgehead atoms. The highest BCUT2D eigenvalue weighted by atomic mass is 15.1. The Bertz CT molecular complexity index is 245. The average Bonchev–Trinajstić information content (AvgIpc) is 2.03. The first-order valence-electron chi connectivity index (χ1n) is 4.01. The van der Waals surface area contributed by atoms with Crippen molar-refractivity contribution in [2.45, 2.75) is 13.1 Å². The van der Waals surface area contributed by atoms with Gasteiger partial charge < -0.3 is 10.6 Å². The van der Waals surface area contributed by atoms with E-state index in [1.54, 1.807) is 6.20 Å². The second-order valence-electron chi connectivity index (χ2n) is 3.10. The van der Waals surface area contributed by atoms with Crippen molar-refractivity contribution in [3.05, 3.63) is 29.6 Å². The Hall–Kier alpha value is -0.930. The number of nitrogens with two attached hydrogens (primary N) is 1. The second-order valence-corrected chi connectivity index (χ2v) is 3.10. The van der Waals surface area contributed by atoms with Crippen molar-refractivity contribution in [1.29, 1.82) is 0 Å². The van der Waals surface area contributed by atoms with Crippen molar-refractivity contribution in [2.24, 2.45) is 5.73 Å². The molecule has 0 aliphatic heterocycles. The summed E-state index contributed by atoms with van der Waals surface area (Å²) < 4.78 is 0. The third-order valence-electron chi connectivity index (χ3n) is 1.59. The fourth-order valence-electron chi connectivity index (χ4n) is 1.07. The third kappa shape index (κ3) is 2.60. The molecular weight excluding hydrogens is 150 g/mol. The summed E-state index contributed by atoms with van der Waals surface area (Å²) in [4.78, 5) is 6.32. The van der Waals surface area contributed by atoms with Gasteiger partial charge in [0.15, 0.2) is 0 Å². The average molecular weight is 165 g/mol. The summed E-state index contributed by atoms with van der Waals surface area (Å²) in [6, 6.07) is 3.99. The van der Waals surface area contributed by atoms with Gasteiger partial charge in [0.2, 0.25) is 0 Å². The number of hydrogen-bond acceptors (Lipinski definition) is 3. The monoisotopic (exact) mass is 165 g/mol. The molecule has 0 unspecified atom stereocenters. The molecule has 0 spiro atoms. The Kier molecular flexibility index (Phi) is 3.19. The highest BCUT2D eigenvalue weighted by Gasteiger charge is 1.96. The molecule has 3 nitrogen and oxygen atoms in total. The van der Waals surface area contributed by atoms with Gasteiger partial charge in [-0.05, 0) is 31.8 Å². The number of rotatable bonds is 3. The fraction of sp³-hybridized carbons (Fsp3) is 0.444. The minimum absolute atomic E-state index is 0.586. The summed E-state index contributed by atoms with van der Waals surface area (Å²) in [5, 5.41) is 0. The molecule has 0 aromatic carbocycles. The summed E-state index contributed by atoms with van der Waals surface area (Å²) in [6.07, 6.45) is 1.81. The predicted octanol–water partition coefficient (Wildman–Crippen LogP) is 0.602. The molecule has 0 saturated heterocycles. The zero-order valence-electron chi connectivity index (χ0n) is 7.62. The van der Waals surface area contributed by atoms with Gasteiger partial charge >= 0.3 is 0 Å². The Balaban J connectivity index is 2.72. The molecule has 1 aromatic heterocycles. The molecule has 0 fully saturated rings. The number of pyridine rings is 1. The summed E-state index contributed by atoms with van der Waals surface area (Å²) in [7, 11) is 4.05. The summed E-state index contributed by atoms with van der Waals surface area (Å²) >= 11 is 0. The minimum Gasteiger partial charge on any atom is -0.326 e. The van der Waals surface area contributed by atoms with Gasteiger partial charge in [-0.3, -0.25) is 4.98 Å². The number of hydrogen-bond donors (Lipinski definition) is 1. The minimum atomic E-state index is 0.586. The third-order valence-corrected chi connectivity index (χ3v) is 1.59. The molecule has 0 amide bonds. The number of nitrogens with zero attached hydrogens (tertiary/aromatic N) is 2. The van der Waals surface area contributed by atoms with E-state index in [-0.39, 0.29) is 0 Å². The van der Waals surface area contributed by atoms with Gasteiger partial charge in [0, 0.05) is 19.3 Å². The van der Waals surface area contributed by atoms with E-state index >= 15 is 0 Å². The van der Waals surface area contributed by atoms with Crippen LogP contribution in [0.25, 0.3) is 0 Å². The van der Waals surface area contributed by atoms with Gasteiger partial charge in [-0.25, -0.2) is 0 Å². The molecule has 1 aromatic rings. The highest BCUT2D eigenvalue weighted by Crippen LogP contribution is 2.02. The zero-order valence-corrected chi connectivity index (χ0v) is 7.62. The van der Waals surface area contributed by atoms with Crippen LogP contribution < -0.4 is 5.73 Å². The van der Waals surface area contributed by atoms with Gasteiger partial charge in [0.1, 0.15) is 0 Å². The van der Waals surface area contributed by atoms with E-state index in [1.807, 2.05) is 26.2 Å². The molecular formula is C9H15N3. The van der Waals surface area contributed by atoms with Crippen molar-refractivity contribution in [2.75, 3.05) is 14.1 Å². The van der Waals surface area contributed by atoms with Crippen LogP contribution >= 0.6 is 0 Å². The SMILES string of the molecule is CN(C)Cc1cc(CN)ccn1. The fourth-order valence-corrected chi connectivity index (χ4v) is 1.07. The normalized spacial score (nSPS) is 10.7. The van der Waals surface area contributed by atoms with Crippen LogP contribution in [0, 0.1) is 0 Å². The van der Waals surface area contributed by atoms with Gasteiger partial charge in [0.25, 0.3) is 0 Å². The lowest BCUT2D eigenvalue weighted by atomic mass is 10.2.